The number of nitrogens with one attached hydrogen (secondary N) is 1. The average Bonchev–Trinajstić information content (AvgIpc) is 2.65. The number of nitrogens with zero attached hydrogens (tertiary/aromatic N) is 4. The zero-order valence-corrected chi connectivity index (χ0v) is 16.6. The van der Waals surface area contributed by atoms with Crippen LogP contribution in [0, 0.1) is 0 Å². The van der Waals surface area contributed by atoms with Gasteiger partial charge in [0.2, 0.25) is 0 Å². The predicted molar refractivity (Wildman–Crippen MR) is 106 cm³/mol. The summed E-state index contributed by atoms with van der Waals surface area (Å²) in [5, 5.41) is 3.90. The van der Waals surface area contributed by atoms with Crippen LogP contribution in [0.2, 0.25) is 5.02 Å². The Morgan fingerprint density at radius 3 is 2.54 bits per heavy atom. The molecule has 2 aliphatic rings. The molecule has 1 amide bonds. The molecule has 6 nitrogen and oxygen atoms in total. The van der Waals surface area contributed by atoms with Crippen LogP contribution in [0.15, 0.2) is 12.3 Å². The van der Waals surface area contributed by atoms with Gasteiger partial charge in [-0.3, -0.25) is 9.69 Å². The van der Waals surface area contributed by atoms with Crippen molar-refractivity contribution in [1.82, 2.24) is 19.7 Å². The molecule has 1 atom stereocenters. The number of hydrogen-bond acceptors (Lipinski definition) is 5. The van der Waals surface area contributed by atoms with Gasteiger partial charge >= 0.3 is 0 Å². The summed E-state index contributed by atoms with van der Waals surface area (Å²) in [7, 11) is 2.16. The molecule has 2 fully saturated rings. The van der Waals surface area contributed by atoms with Crippen LogP contribution in [0.1, 0.15) is 36.5 Å². The van der Waals surface area contributed by atoms with Gasteiger partial charge in [0.05, 0.1) is 10.6 Å². The van der Waals surface area contributed by atoms with Crippen LogP contribution in [-0.4, -0.2) is 84.5 Å². The van der Waals surface area contributed by atoms with Crippen LogP contribution in [-0.2, 0) is 0 Å². The van der Waals surface area contributed by atoms with Crippen LogP contribution >= 0.6 is 11.6 Å². The van der Waals surface area contributed by atoms with Gasteiger partial charge in [0.25, 0.3) is 5.91 Å². The van der Waals surface area contributed by atoms with E-state index in [2.05, 4.69) is 34.1 Å². The zero-order chi connectivity index (χ0) is 18.5. The number of amides is 1. The Morgan fingerprint density at radius 2 is 1.88 bits per heavy atom. The first-order chi connectivity index (χ1) is 12.5. The van der Waals surface area contributed by atoms with Gasteiger partial charge in [-0.1, -0.05) is 11.6 Å². The molecule has 2 saturated heterocycles. The highest BCUT2D eigenvalue weighted by Crippen LogP contribution is 2.22. The van der Waals surface area contributed by atoms with Crippen LogP contribution in [0.3, 0.4) is 0 Å². The Kier molecular flexibility index (Phi) is 6.73. The fraction of sp³-hybridized carbons (Fsp3) is 0.684. The molecular weight excluding hydrogens is 350 g/mol. The molecule has 26 heavy (non-hydrogen) atoms. The molecule has 3 heterocycles. The Labute approximate surface area is 161 Å². The Balaban J connectivity index is 1.56. The Hall–Kier alpha value is -1.37. The highest BCUT2D eigenvalue weighted by molar-refractivity contribution is 6.33. The van der Waals surface area contributed by atoms with Gasteiger partial charge in [-0.2, -0.15) is 0 Å². The number of rotatable bonds is 5. The fourth-order valence-electron chi connectivity index (χ4n) is 3.64. The van der Waals surface area contributed by atoms with E-state index in [1.807, 2.05) is 4.90 Å². The molecule has 2 aliphatic heterocycles. The highest BCUT2D eigenvalue weighted by Gasteiger charge is 2.20. The molecule has 1 aromatic rings. The van der Waals surface area contributed by atoms with Crippen molar-refractivity contribution in [3.8, 4) is 0 Å². The minimum absolute atomic E-state index is 0.0381. The number of anilines is 1. The second-order valence-electron chi connectivity index (χ2n) is 7.56. The van der Waals surface area contributed by atoms with Crippen LogP contribution in [0.25, 0.3) is 0 Å². The molecule has 0 saturated carbocycles. The molecule has 7 heteroatoms. The smallest absolute Gasteiger partial charge is 0.255 e. The predicted octanol–water partition coefficient (Wildman–Crippen LogP) is 2.41. The maximum atomic E-state index is 12.6. The van der Waals surface area contributed by atoms with Gasteiger partial charge in [-0.25, -0.2) is 4.98 Å². The Bertz CT molecular complexity index is 612. The number of aromatic nitrogens is 1. The first-order valence-corrected chi connectivity index (χ1v) is 10.0. The molecule has 0 aliphatic carbocycles. The van der Waals surface area contributed by atoms with Crippen molar-refractivity contribution in [1.29, 1.82) is 0 Å². The van der Waals surface area contributed by atoms with Crippen molar-refractivity contribution in [2.24, 2.45) is 0 Å². The second kappa shape index (κ2) is 9.02. The number of likely N-dealkylation sites (N-methyl/N-ethyl adjacent to an activating group) is 1. The normalized spacial score (nSPS) is 20.8. The number of carbonyl (C=O) groups is 1. The molecule has 1 unspecified atom stereocenters. The minimum Gasteiger partial charge on any atom is -0.365 e. The number of piperidine rings is 1. The summed E-state index contributed by atoms with van der Waals surface area (Å²) in [5.41, 5.74) is 0.578. The maximum absolute atomic E-state index is 12.6. The van der Waals surface area contributed by atoms with Gasteiger partial charge in [0.15, 0.2) is 0 Å². The van der Waals surface area contributed by atoms with E-state index >= 15 is 0 Å². The quantitative estimate of drug-likeness (QED) is 0.851. The highest BCUT2D eigenvalue weighted by atomic mass is 35.5. The molecule has 1 N–H and O–H groups in total. The monoisotopic (exact) mass is 379 g/mol. The van der Waals surface area contributed by atoms with Gasteiger partial charge in [-0.05, 0) is 39.3 Å². The third-order valence-corrected chi connectivity index (χ3v) is 5.53. The number of piperazine rings is 1. The van der Waals surface area contributed by atoms with E-state index in [9.17, 15) is 4.79 Å². The summed E-state index contributed by atoms with van der Waals surface area (Å²) in [6, 6.07) is 1.99. The third kappa shape index (κ3) is 5.09. The minimum atomic E-state index is 0.0381. The van der Waals surface area contributed by atoms with E-state index in [0.717, 1.165) is 58.7 Å². The van der Waals surface area contributed by atoms with Gasteiger partial charge in [0.1, 0.15) is 5.82 Å². The van der Waals surface area contributed by atoms with E-state index < -0.39 is 0 Å². The van der Waals surface area contributed by atoms with E-state index in [0.29, 0.717) is 16.4 Å². The largest absolute Gasteiger partial charge is 0.365 e. The Morgan fingerprint density at radius 1 is 1.19 bits per heavy atom. The average molecular weight is 380 g/mol. The van der Waals surface area contributed by atoms with Crippen molar-refractivity contribution >= 4 is 23.3 Å². The molecule has 0 spiro atoms. The summed E-state index contributed by atoms with van der Waals surface area (Å²) in [4.78, 5) is 23.7. The van der Waals surface area contributed by atoms with Gasteiger partial charge in [0, 0.05) is 58.1 Å². The number of carbonyl (C=O) groups excluding carboxylic acids is 1. The van der Waals surface area contributed by atoms with E-state index in [-0.39, 0.29) is 11.9 Å². The summed E-state index contributed by atoms with van der Waals surface area (Å²) < 4.78 is 0. The second-order valence-corrected chi connectivity index (χ2v) is 7.96. The van der Waals surface area contributed by atoms with E-state index in [4.69, 9.17) is 11.6 Å². The van der Waals surface area contributed by atoms with Gasteiger partial charge < -0.3 is 15.1 Å². The van der Waals surface area contributed by atoms with Gasteiger partial charge in [-0.15, -0.1) is 0 Å². The molecular formula is C19H30ClN5O. The topological polar surface area (TPSA) is 51.7 Å². The summed E-state index contributed by atoms with van der Waals surface area (Å²) in [6.07, 6.45) is 5.01. The number of likely N-dealkylation sites (tertiary alicyclic amines) is 1. The lowest BCUT2D eigenvalue weighted by Crippen LogP contribution is -2.47. The first kappa shape index (κ1) is 19.4. The first-order valence-electron chi connectivity index (χ1n) is 9.65. The third-order valence-electron chi connectivity index (χ3n) is 5.24. The summed E-state index contributed by atoms with van der Waals surface area (Å²) >= 11 is 6.40. The molecule has 1 aromatic heterocycles. The van der Waals surface area contributed by atoms with Crippen molar-refractivity contribution in [2.75, 3.05) is 58.2 Å². The van der Waals surface area contributed by atoms with Crippen molar-refractivity contribution in [3.05, 3.63) is 22.8 Å². The zero-order valence-electron chi connectivity index (χ0n) is 15.9. The molecule has 0 aromatic carbocycles. The standard InChI is InChI=1S/C19H30ClN5O/c1-15(14-24-10-8-23(2)9-11-24)22-18-17(20)12-16(13-21-18)19(26)25-6-4-3-5-7-25/h12-13,15H,3-11,14H2,1-2H3,(H,21,22). The maximum Gasteiger partial charge on any atom is 0.255 e. The van der Waals surface area contributed by atoms with Crippen molar-refractivity contribution < 1.29 is 4.79 Å². The number of hydrogen-bond donors (Lipinski definition) is 1. The van der Waals surface area contributed by atoms with Crippen LogP contribution < -0.4 is 5.32 Å². The molecule has 0 radical (unpaired) electrons. The summed E-state index contributed by atoms with van der Waals surface area (Å²) in [6.45, 7) is 9.17. The van der Waals surface area contributed by atoms with E-state index in [1.165, 1.54) is 6.42 Å². The fourth-order valence-corrected chi connectivity index (χ4v) is 3.86. The lowest BCUT2D eigenvalue weighted by atomic mass is 10.1. The lowest BCUT2D eigenvalue weighted by molar-refractivity contribution is 0.0724. The van der Waals surface area contributed by atoms with Crippen LogP contribution in [0.4, 0.5) is 5.82 Å². The van der Waals surface area contributed by atoms with Crippen molar-refractivity contribution in [3.63, 3.8) is 0 Å². The molecule has 3 rings (SSSR count). The molecule has 144 valence electrons. The number of pyridine rings is 1. The number of halogens is 1. The SMILES string of the molecule is CC(CN1CCN(C)CC1)Nc1ncc(C(=O)N2CCCCC2)cc1Cl. The van der Waals surface area contributed by atoms with Crippen molar-refractivity contribution in [2.45, 2.75) is 32.2 Å². The lowest BCUT2D eigenvalue weighted by Gasteiger charge is -2.34. The van der Waals surface area contributed by atoms with E-state index in [1.54, 1.807) is 12.3 Å². The summed E-state index contributed by atoms with van der Waals surface area (Å²) in [5.74, 6) is 0.694. The van der Waals surface area contributed by atoms with Crippen LogP contribution in [0.5, 0.6) is 0 Å². The molecule has 0 bridgehead atoms.